The molecule has 0 fully saturated rings. The molecule has 0 aromatic carbocycles. The first kappa shape index (κ1) is 27.3. The summed E-state index contributed by atoms with van der Waals surface area (Å²) in [5.41, 5.74) is 11.1. The van der Waals surface area contributed by atoms with Crippen LogP contribution in [0.4, 0.5) is 0 Å². The fraction of sp³-hybridized carbons (Fsp3) is 0.722. The first-order chi connectivity index (χ1) is 14.0. The number of aliphatic carboxylic acids is 2. The average Bonchev–Trinajstić information content (AvgIpc) is 2.68. The quantitative estimate of drug-likeness (QED) is 0.144. The molecule has 4 unspecified atom stereocenters. The Kier molecular flexibility index (Phi) is 13.0. The van der Waals surface area contributed by atoms with Gasteiger partial charge in [0.15, 0.2) is 0 Å². The summed E-state index contributed by atoms with van der Waals surface area (Å²) in [7, 11) is 0. The van der Waals surface area contributed by atoms with Crippen molar-refractivity contribution in [2.45, 2.75) is 64.1 Å². The third-order valence-electron chi connectivity index (χ3n) is 4.57. The average molecular weight is 431 g/mol. The molecule has 9 N–H and O–H groups in total. The lowest BCUT2D eigenvalue weighted by molar-refractivity contribution is -0.143. The first-order valence-electron chi connectivity index (χ1n) is 9.81. The molecule has 3 amide bonds. The number of nitrogens with two attached hydrogens (primary N) is 2. The second-order valence-electron chi connectivity index (χ2n) is 7.03. The van der Waals surface area contributed by atoms with E-state index in [2.05, 4.69) is 16.0 Å². The maximum absolute atomic E-state index is 12.4. The van der Waals surface area contributed by atoms with Crippen LogP contribution in [-0.4, -0.2) is 71.1 Å². The highest BCUT2D eigenvalue weighted by Gasteiger charge is 2.28. The van der Waals surface area contributed by atoms with Gasteiger partial charge in [0.05, 0.1) is 19.0 Å². The number of unbranched alkanes of at least 4 members (excludes halogenated alkanes) is 1. The number of carboxylic acid groups (broad SMARTS) is 2. The molecule has 30 heavy (non-hydrogen) atoms. The summed E-state index contributed by atoms with van der Waals surface area (Å²) >= 11 is 0. The lowest BCUT2D eigenvalue weighted by Gasteiger charge is -2.21. The number of hydrogen-bond acceptors (Lipinski definition) is 7. The van der Waals surface area contributed by atoms with Gasteiger partial charge in [0.1, 0.15) is 12.1 Å². The molecule has 0 spiro atoms. The number of amides is 3. The van der Waals surface area contributed by atoms with Gasteiger partial charge in [-0.15, -0.1) is 0 Å². The van der Waals surface area contributed by atoms with Gasteiger partial charge in [-0.1, -0.05) is 20.3 Å². The minimum Gasteiger partial charge on any atom is -0.481 e. The zero-order chi connectivity index (χ0) is 23.3. The van der Waals surface area contributed by atoms with Crippen molar-refractivity contribution in [1.29, 1.82) is 0 Å². The molecular formula is C18H33N5O7. The summed E-state index contributed by atoms with van der Waals surface area (Å²) in [6.07, 6.45) is 1.03. The summed E-state index contributed by atoms with van der Waals surface area (Å²) in [5.74, 6) is -5.07. The van der Waals surface area contributed by atoms with Crippen molar-refractivity contribution in [3.05, 3.63) is 0 Å². The van der Waals surface area contributed by atoms with Gasteiger partial charge in [-0.25, -0.2) is 4.79 Å². The lowest BCUT2D eigenvalue weighted by Crippen LogP contribution is -2.54. The van der Waals surface area contributed by atoms with Gasteiger partial charge in [0.25, 0.3) is 0 Å². The van der Waals surface area contributed by atoms with E-state index in [1.54, 1.807) is 6.92 Å². The van der Waals surface area contributed by atoms with Crippen LogP contribution in [0.5, 0.6) is 0 Å². The zero-order valence-electron chi connectivity index (χ0n) is 17.3. The fourth-order valence-corrected chi connectivity index (χ4v) is 2.45. The van der Waals surface area contributed by atoms with Gasteiger partial charge in [-0.3, -0.25) is 19.2 Å². The Balaban J connectivity index is 4.91. The smallest absolute Gasteiger partial charge is 0.326 e. The van der Waals surface area contributed by atoms with E-state index < -0.39 is 60.8 Å². The SMILES string of the molecule is CCC(C)C(N)C(=O)NCC(=O)NC(CC(=O)O)C(=O)NC(CCCCN)C(=O)O. The molecule has 0 bridgehead atoms. The van der Waals surface area contributed by atoms with Crippen molar-refractivity contribution in [2.75, 3.05) is 13.1 Å². The van der Waals surface area contributed by atoms with Crippen LogP contribution >= 0.6 is 0 Å². The van der Waals surface area contributed by atoms with Gasteiger partial charge in [-0.05, 0) is 31.7 Å². The molecule has 0 saturated carbocycles. The van der Waals surface area contributed by atoms with Crippen LogP contribution < -0.4 is 27.4 Å². The lowest BCUT2D eigenvalue weighted by atomic mass is 9.99. The predicted octanol–water partition coefficient (Wildman–Crippen LogP) is -1.87. The number of carboxylic acids is 2. The molecule has 0 rings (SSSR count). The standard InChI is InChI=1S/C18H33N5O7/c1-3-10(2)15(20)17(28)21-9-13(24)22-12(8-14(25)26)16(27)23-11(18(29)30)6-4-5-7-19/h10-12,15H,3-9,19-20H2,1-2H3,(H,21,28)(H,22,24)(H,23,27)(H,25,26)(H,29,30). The van der Waals surface area contributed by atoms with Crippen molar-refractivity contribution >= 4 is 29.7 Å². The molecule has 0 aliphatic carbocycles. The summed E-state index contributed by atoms with van der Waals surface area (Å²) in [4.78, 5) is 58.7. The maximum Gasteiger partial charge on any atom is 0.326 e. The van der Waals surface area contributed by atoms with Crippen molar-refractivity contribution < 1.29 is 34.2 Å². The molecule has 0 saturated heterocycles. The van der Waals surface area contributed by atoms with E-state index in [9.17, 15) is 29.1 Å². The zero-order valence-corrected chi connectivity index (χ0v) is 17.3. The Bertz CT molecular complexity index is 614. The molecule has 12 nitrogen and oxygen atoms in total. The Labute approximate surface area is 175 Å². The van der Waals surface area contributed by atoms with Crippen molar-refractivity contribution in [3.8, 4) is 0 Å². The predicted molar refractivity (Wildman–Crippen MR) is 107 cm³/mol. The van der Waals surface area contributed by atoms with Gasteiger partial charge < -0.3 is 37.6 Å². The molecular weight excluding hydrogens is 398 g/mol. The first-order valence-corrected chi connectivity index (χ1v) is 9.81. The van der Waals surface area contributed by atoms with Gasteiger partial charge in [-0.2, -0.15) is 0 Å². The van der Waals surface area contributed by atoms with Crippen molar-refractivity contribution in [2.24, 2.45) is 17.4 Å². The number of carbonyl (C=O) groups excluding carboxylic acids is 3. The number of nitrogens with one attached hydrogen (secondary N) is 3. The van der Waals surface area contributed by atoms with Crippen molar-refractivity contribution in [1.82, 2.24) is 16.0 Å². The van der Waals surface area contributed by atoms with E-state index in [-0.39, 0.29) is 12.3 Å². The summed E-state index contributed by atoms with van der Waals surface area (Å²) in [6, 6.07) is -3.57. The van der Waals surface area contributed by atoms with E-state index in [4.69, 9.17) is 16.6 Å². The second kappa shape index (κ2) is 14.3. The summed E-state index contributed by atoms with van der Waals surface area (Å²) < 4.78 is 0. The van der Waals surface area contributed by atoms with Crippen LogP contribution in [0.3, 0.4) is 0 Å². The number of hydrogen-bond donors (Lipinski definition) is 7. The molecule has 0 aliphatic heterocycles. The fourth-order valence-electron chi connectivity index (χ4n) is 2.45. The molecule has 0 aromatic heterocycles. The van der Waals surface area contributed by atoms with Crippen molar-refractivity contribution in [3.63, 3.8) is 0 Å². The van der Waals surface area contributed by atoms with Crippen LogP contribution in [0, 0.1) is 5.92 Å². The molecule has 12 heteroatoms. The highest BCUT2D eigenvalue weighted by Crippen LogP contribution is 2.05. The highest BCUT2D eigenvalue weighted by molar-refractivity contribution is 5.94. The summed E-state index contributed by atoms with van der Waals surface area (Å²) in [5, 5.41) is 25.0. The Hall–Kier alpha value is -2.73. The Morgan fingerprint density at radius 1 is 0.967 bits per heavy atom. The molecule has 172 valence electrons. The largest absolute Gasteiger partial charge is 0.481 e. The molecule has 0 radical (unpaired) electrons. The molecule has 4 atom stereocenters. The number of rotatable bonds is 15. The summed E-state index contributed by atoms with van der Waals surface area (Å²) in [6.45, 7) is 3.50. The van der Waals surface area contributed by atoms with E-state index in [0.29, 0.717) is 25.8 Å². The second-order valence-corrected chi connectivity index (χ2v) is 7.03. The third kappa shape index (κ3) is 10.7. The van der Waals surface area contributed by atoms with E-state index in [0.717, 1.165) is 0 Å². The van der Waals surface area contributed by atoms with Crippen LogP contribution in [0.2, 0.25) is 0 Å². The minimum absolute atomic E-state index is 0.106. The van der Waals surface area contributed by atoms with E-state index >= 15 is 0 Å². The van der Waals surface area contributed by atoms with Crippen LogP contribution in [0.1, 0.15) is 46.0 Å². The minimum atomic E-state index is -1.51. The van der Waals surface area contributed by atoms with Crippen LogP contribution in [0.25, 0.3) is 0 Å². The van der Waals surface area contributed by atoms with Gasteiger partial charge in [0.2, 0.25) is 17.7 Å². The molecule has 0 heterocycles. The Morgan fingerprint density at radius 2 is 1.60 bits per heavy atom. The van der Waals surface area contributed by atoms with Crippen LogP contribution in [-0.2, 0) is 24.0 Å². The van der Waals surface area contributed by atoms with Gasteiger partial charge >= 0.3 is 11.9 Å². The van der Waals surface area contributed by atoms with E-state index in [1.165, 1.54) is 0 Å². The monoisotopic (exact) mass is 431 g/mol. The van der Waals surface area contributed by atoms with Crippen LogP contribution in [0.15, 0.2) is 0 Å². The third-order valence-corrected chi connectivity index (χ3v) is 4.57. The van der Waals surface area contributed by atoms with E-state index in [1.807, 2.05) is 6.92 Å². The maximum atomic E-state index is 12.4. The molecule has 0 aromatic rings. The number of carbonyl (C=O) groups is 5. The molecule has 0 aliphatic rings. The highest BCUT2D eigenvalue weighted by atomic mass is 16.4. The topological polar surface area (TPSA) is 214 Å². The Morgan fingerprint density at radius 3 is 2.10 bits per heavy atom. The normalized spacial score (nSPS) is 14.7. The van der Waals surface area contributed by atoms with Gasteiger partial charge in [0, 0.05) is 0 Å².